The molecule has 94 valence electrons. The van der Waals surface area contributed by atoms with Crippen LogP contribution in [0.2, 0.25) is 5.15 Å². The lowest BCUT2D eigenvalue weighted by atomic mass is 10.1. The van der Waals surface area contributed by atoms with Crippen LogP contribution in [0.5, 0.6) is 0 Å². The third-order valence-electron chi connectivity index (χ3n) is 1.99. The first-order valence-electron chi connectivity index (χ1n) is 5.71. The molecule has 17 heavy (non-hydrogen) atoms. The quantitative estimate of drug-likeness (QED) is 0.611. The number of rotatable bonds is 3. The first-order valence-corrected chi connectivity index (χ1v) is 6.09. The smallest absolute Gasteiger partial charge is 0.338 e. The van der Waals surface area contributed by atoms with Crippen LogP contribution in [0.25, 0.3) is 0 Å². The van der Waals surface area contributed by atoms with Crippen molar-refractivity contribution in [2.45, 2.75) is 46.1 Å². The summed E-state index contributed by atoms with van der Waals surface area (Å²) in [4.78, 5) is 16.0. The maximum absolute atomic E-state index is 11.9. The van der Waals surface area contributed by atoms with E-state index in [-0.39, 0.29) is 5.97 Å². The summed E-state index contributed by atoms with van der Waals surface area (Å²) in [5, 5.41) is 0.330. The summed E-state index contributed by atoms with van der Waals surface area (Å²) in [7, 11) is 0. The number of carbonyl (C=O) groups is 1. The molecule has 0 unspecified atom stereocenters. The van der Waals surface area contributed by atoms with Gasteiger partial charge in [0, 0.05) is 5.69 Å². The topological polar surface area (TPSA) is 39.2 Å². The van der Waals surface area contributed by atoms with Crippen LogP contribution in [-0.2, 0) is 11.2 Å². The molecule has 0 spiro atoms. The number of ether oxygens (including phenoxy) is 1. The summed E-state index contributed by atoms with van der Waals surface area (Å²) in [6.07, 6.45) is 1.76. The van der Waals surface area contributed by atoms with Crippen LogP contribution in [-0.4, -0.2) is 16.6 Å². The Morgan fingerprint density at radius 3 is 2.59 bits per heavy atom. The van der Waals surface area contributed by atoms with E-state index in [1.54, 1.807) is 6.07 Å². The summed E-state index contributed by atoms with van der Waals surface area (Å²) in [6, 6.07) is 3.28. The molecule has 0 radical (unpaired) electrons. The van der Waals surface area contributed by atoms with Gasteiger partial charge in [-0.15, -0.1) is 0 Å². The fraction of sp³-hybridized carbons (Fsp3) is 0.538. The molecule has 0 aromatic carbocycles. The average Bonchev–Trinajstić information content (AvgIpc) is 2.14. The maximum Gasteiger partial charge on any atom is 0.338 e. The number of aromatic nitrogens is 1. The van der Waals surface area contributed by atoms with Crippen molar-refractivity contribution in [3.05, 3.63) is 28.5 Å². The van der Waals surface area contributed by atoms with Gasteiger partial charge in [-0.25, -0.2) is 9.78 Å². The first kappa shape index (κ1) is 14.0. The lowest BCUT2D eigenvalue weighted by Crippen LogP contribution is -2.24. The van der Waals surface area contributed by atoms with Gasteiger partial charge in [0.1, 0.15) is 10.8 Å². The molecule has 1 aromatic heterocycles. The van der Waals surface area contributed by atoms with Crippen LogP contribution < -0.4 is 0 Å². The predicted molar refractivity (Wildman–Crippen MR) is 68.4 cm³/mol. The molecule has 4 heteroatoms. The molecule has 0 aliphatic carbocycles. The maximum atomic E-state index is 11.9. The van der Waals surface area contributed by atoms with E-state index in [1.165, 1.54) is 6.07 Å². The third-order valence-corrected chi connectivity index (χ3v) is 2.18. The number of aryl methyl sites for hydroxylation is 1. The van der Waals surface area contributed by atoms with Gasteiger partial charge in [-0.1, -0.05) is 24.9 Å². The Morgan fingerprint density at radius 1 is 1.41 bits per heavy atom. The minimum atomic E-state index is -0.502. The zero-order chi connectivity index (χ0) is 13.1. The largest absolute Gasteiger partial charge is 0.456 e. The van der Waals surface area contributed by atoms with Gasteiger partial charge in [0.2, 0.25) is 0 Å². The van der Waals surface area contributed by atoms with E-state index in [1.807, 2.05) is 20.8 Å². The second-order valence-electron chi connectivity index (χ2n) is 4.92. The third kappa shape index (κ3) is 4.73. The Kier molecular flexibility index (Phi) is 4.52. The summed E-state index contributed by atoms with van der Waals surface area (Å²) >= 11 is 5.88. The Hall–Kier alpha value is -1.09. The lowest BCUT2D eigenvalue weighted by molar-refractivity contribution is 0.00692. The van der Waals surface area contributed by atoms with Crippen LogP contribution in [0.4, 0.5) is 0 Å². The molecule has 1 heterocycles. The average molecular weight is 256 g/mol. The number of pyridine rings is 1. The predicted octanol–water partition coefficient (Wildman–Crippen LogP) is 3.64. The molecule has 0 amide bonds. The summed E-state index contributed by atoms with van der Waals surface area (Å²) in [5.41, 5.74) is 0.779. The van der Waals surface area contributed by atoms with Gasteiger partial charge < -0.3 is 4.74 Å². The van der Waals surface area contributed by atoms with E-state index in [2.05, 4.69) is 11.9 Å². The van der Waals surface area contributed by atoms with Crippen LogP contribution in [0, 0.1) is 0 Å². The number of hydrogen-bond donors (Lipinski definition) is 0. The Bertz CT molecular complexity index is 410. The van der Waals surface area contributed by atoms with E-state index in [4.69, 9.17) is 16.3 Å². The number of hydrogen-bond acceptors (Lipinski definition) is 3. The molecule has 0 bridgehead atoms. The highest BCUT2D eigenvalue weighted by atomic mass is 35.5. The van der Waals surface area contributed by atoms with Crippen LogP contribution in [0.3, 0.4) is 0 Å². The summed E-state index contributed by atoms with van der Waals surface area (Å²) < 4.78 is 5.29. The van der Waals surface area contributed by atoms with Crippen LogP contribution in [0.15, 0.2) is 12.1 Å². The van der Waals surface area contributed by atoms with E-state index in [0.29, 0.717) is 10.7 Å². The van der Waals surface area contributed by atoms with Gasteiger partial charge in [0.15, 0.2) is 0 Å². The second kappa shape index (κ2) is 5.50. The van der Waals surface area contributed by atoms with E-state index in [9.17, 15) is 4.79 Å². The standard InChI is InChI=1S/C13H18ClNO2/c1-5-6-10-7-9(8-11(14)15-10)12(16)17-13(2,3)4/h7-8H,5-6H2,1-4H3. The minimum Gasteiger partial charge on any atom is -0.456 e. The molecule has 0 fully saturated rings. The molecule has 0 N–H and O–H groups in total. The monoisotopic (exact) mass is 255 g/mol. The summed E-state index contributed by atoms with van der Waals surface area (Å²) in [5.74, 6) is -0.362. The highest BCUT2D eigenvalue weighted by molar-refractivity contribution is 6.29. The van der Waals surface area contributed by atoms with Crippen molar-refractivity contribution in [2.75, 3.05) is 0 Å². The zero-order valence-corrected chi connectivity index (χ0v) is 11.5. The second-order valence-corrected chi connectivity index (χ2v) is 5.31. The number of carbonyl (C=O) groups excluding carboxylic acids is 1. The number of nitrogens with zero attached hydrogens (tertiary/aromatic N) is 1. The van der Waals surface area contributed by atoms with E-state index < -0.39 is 5.60 Å². The molecule has 0 aliphatic heterocycles. The van der Waals surface area contributed by atoms with Crippen molar-refractivity contribution in [3.8, 4) is 0 Å². The molecule has 1 rings (SSSR count). The molecular formula is C13H18ClNO2. The van der Waals surface area contributed by atoms with Crippen molar-refractivity contribution in [1.82, 2.24) is 4.98 Å². The molecule has 0 saturated heterocycles. The van der Waals surface area contributed by atoms with E-state index >= 15 is 0 Å². The highest BCUT2D eigenvalue weighted by Gasteiger charge is 2.18. The molecule has 0 aliphatic rings. The first-order chi connectivity index (χ1) is 7.81. The molecule has 3 nitrogen and oxygen atoms in total. The van der Waals surface area contributed by atoms with Crippen molar-refractivity contribution in [1.29, 1.82) is 0 Å². The van der Waals surface area contributed by atoms with Crippen molar-refractivity contribution >= 4 is 17.6 Å². The summed E-state index contributed by atoms with van der Waals surface area (Å²) in [6.45, 7) is 7.55. The van der Waals surface area contributed by atoms with Crippen LogP contribution >= 0.6 is 11.6 Å². The van der Waals surface area contributed by atoms with Gasteiger partial charge >= 0.3 is 5.97 Å². The number of esters is 1. The van der Waals surface area contributed by atoms with Crippen molar-refractivity contribution < 1.29 is 9.53 Å². The van der Waals surface area contributed by atoms with Gasteiger partial charge in [-0.2, -0.15) is 0 Å². The van der Waals surface area contributed by atoms with Crippen molar-refractivity contribution in [2.24, 2.45) is 0 Å². The van der Waals surface area contributed by atoms with Gasteiger partial charge in [-0.05, 0) is 39.3 Å². The SMILES string of the molecule is CCCc1cc(C(=O)OC(C)(C)C)cc(Cl)n1. The zero-order valence-electron chi connectivity index (χ0n) is 10.7. The fourth-order valence-corrected chi connectivity index (χ4v) is 1.62. The number of halogens is 1. The van der Waals surface area contributed by atoms with Crippen LogP contribution in [0.1, 0.15) is 50.2 Å². The van der Waals surface area contributed by atoms with Gasteiger partial charge in [0.25, 0.3) is 0 Å². The highest BCUT2D eigenvalue weighted by Crippen LogP contribution is 2.16. The Morgan fingerprint density at radius 2 is 2.06 bits per heavy atom. The minimum absolute atomic E-state index is 0.330. The molecular weight excluding hydrogens is 238 g/mol. The van der Waals surface area contributed by atoms with Gasteiger partial charge in [0.05, 0.1) is 5.56 Å². The molecule has 0 atom stereocenters. The lowest BCUT2D eigenvalue weighted by Gasteiger charge is -2.19. The Labute approximate surface area is 107 Å². The van der Waals surface area contributed by atoms with E-state index in [0.717, 1.165) is 18.5 Å². The fourth-order valence-electron chi connectivity index (χ4n) is 1.39. The molecule has 1 aromatic rings. The molecule has 0 saturated carbocycles. The van der Waals surface area contributed by atoms with Gasteiger partial charge in [-0.3, -0.25) is 0 Å². The Balaban J connectivity index is 2.93. The van der Waals surface area contributed by atoms with Crippen molar-refractivity contribution in [3.63, 3.8) is 0 Å². The normalized spacial score (nSPS) is 11.4.